The molecule has 0 radical (unpaired) electrons. The van der Waals surface area contributed by atoms with Crippen LogP contribution in [-0.4, -0.2) is 33.4 Å². The molecule has 0 atom stereocenters. The van der Waals surface area contributed by atoms with Gasteiger partial charge in [-0.3, -0.25) is 0 Å². The van der Waals surface area contributed by atoms with Gasteiger partial charge in [0.25, 0.3) is 0 Å². The van der Waals surface area contributed by atoms with E-state index < -0.39 is 6.03 Å². The van der Waals surface area contributed by atoms with Crippen molar-refractivity contribution in [3.63, 3.8) is 0 Å². The molecular weight excluding hydrogens is 224 g/mol. The Morgan fingerprint density at radius 2 is 1.71 bits per heavy atom. The fourth-order valence-corrected chi connectivity index (χ4v) is 1.21. The van der Waals surface area contributed by atoms with Crippen LogP contribution in [0.3, 0.4) is 0 Å². The molecule has 6 nitrogen and oxygen atoms in total. The van der Waals surface area contributed by atoms with Crippen LogP contribution in [0.15, 0.2) is 18.2 Å². The fraction of sp³-hybridized carbons (Fsp3) is 0.364. The molecule has 0 unspecified atom stereocenters. The highest BCUT2D eigenvalue weighted by atomic mass is 16.5. The topological polar surface area (TPSA) is 82.8 Å². The van der Waals surface area contributed by atoms with Crippen molar-refractivity contribution in [2.24, 2.45) is 5.73 Å². The van der Waals surface area contributed by atoms with Crippen molar-refractivity contribution < 1.29 is 19.0 Å². The number of rotatable bonds is 6. The Labute approximate surface area is 99.6 Å². The van der Waals surface area contributed by atoms with Gasteiger partial charge in [-0.05, 0) is 0 Å². The second kappa shape index (κ2) is 6.47. The summed E-state index contributed by atoms with van der Waals surface area (Å²) < 4.78 is 15.6. The standard InChI is InChI=1S/C11H16N2O4/c1-15-8-5-9(16-2)7-10(6-8)17-4-3-13-11(12)14/h5-7H,3-4H2,1-2H3,(H3,12,13,14). The first-order valence-electron chi connectivity index (χ1n) is 5.05. The third-order valence-electron chi connectivity index (χ3n) is 1.99. The lowest BCUT2D eigenvalue weighted by molar-refractivity contribution is 0.244. The zero-order valence-electron chi connectivity index (χ0n) is 9.86. The summed E-state index contributed by atoms with van der Waals surface area (Å²) >= 11 is 0. The average molecular weight is 240 g/mol. The highest BCUT2D eigenvalue weighted by Gasteiger charge is 2.02. The minimum absolute atomic E-state index is 0.319. The molecule has 6 heteroatoms. The van der Waals surface area contributed by atoms with Crippen molar-refractivity contribution >= 4 is 6.03 Å². The quantitative estimate of drug-likeness (QED) is 0.719. The summed E-state index contributed by atoms with van der Waals surface area (Å²) in [5.74, 6) is 1.89. The first kappa shape index (κ1) is 13.0. The smallest absolute Gasteiger partial charge is 0.312 e. The van der Waals surface area contributed by atoms with Gasteiger partial charge in [0.2, 0.25) is 0 Å². The summed E-state index contributed by atoms with van der Waals surface area (Å²) in [6, 6.07) is 4.63. The van der Waals surface area contributed by atoms with Crippen molar-refractivity contribution in [3.05, 3.63) is 18.2 Å². The second-order valence-corrected chi connectivity index (χ2v) is 3.19. The number of benzene rings is 1. The molecule has 0 aliphatic rings. The third-order valence-corrected chi connectivity index (χ3v) is 1.99. The molecule has 0 aromatic heterocycles. The van der Waals surface area contributed by atoms with Gasteiger partial charge in [-0.15, -0.1) is 0 Å². The highest BCUT2D eigenvalue weighted by molar-refractivity contribution is 5.71. The Bertz CT molecular complexity index is 359. The lowest BCUT2D eigenvalue weighted by Crippen LogP contribution is -2.32. The summed E-state index contributed by atoms with van der Waals surface area (Å²) in [5.41, 5.74) is 4.92. The van der Waals surface area contributed by atoms with Crippen LogP contribution < -0.4 is 25.3 Å². The van der Waals surface area contributed by atoms with Crippen LogP contribution in [0.4, 0.5) is 4.79 Å². The van der Waals surface area contributed by atoms with Crippen molar-refractivity contribution in [1.29, 1.82) is 0 Å². The summed E-state index contributed by atoms with van der Waals surface area (Å²) in [5, 5.41) is 2.42. The number of methoxy groups -OCH3 is 2. The van der Waals surface area contributed by atoms with Gasteiger partial charge in [-0.25, -0.2) is 4.79 Å². The van der Waals surface area contributed by atoms with Gasteiger partial charge in [-0.2, -0.15) is 0 Å². The molecule has 17 heavy (non-hydrogen) atoms. The Balaban J connectivity index is 2.54. The average Bonchev–Trinajstić information content (AvgIpc) is 2.34. The molecule has 2 amide bonds. The first-order valence-corrected chi connectivity index (χ1v) is 5.05. The Hall–Kier alpha value is -2.11. The molecule has 0 heterocycles. The number of hydrogen-bond donors (Lipinski definition) is 2. The molecule has 0 bridgehead atoms. The number of urea groups is 1. The highest BCUT2D eigenvalue weighted by Crippen LogP contribution is 2.27. The van der Waals surface area contributed by atoms with Crippen LogP contribution in [-0.2, 0) is 0 Å². The largest absolute Gasteiger partial charge is 0.496 e. The van der Waals surface area contributed by atoms with Gasteiger partial charge in [-0.1, -0.05) is 0 Å². The number of carbonyl (C=O) groups excluding carboxylic acids is 1. The minimum atomic E-state index is -0.572. The van der Waals surface area contributed by atoms with Crippen molar-refractivity contribution in [2.75, 3.05) is 27.4 Å². The molecule has 94 valence electrons. The summed E-state index contributed by atoms with van der Waals surface area (Å²) in [7, 11) is 3.13. The fourth-order valence-electron chi connectivity index (χ4n) is 1.21. The normalized spacial score (nSPS) is 9.53. The summed E-state index contributed by atoms with van der Waals surface area (Å²) in [6.45, 7) is 0.661. The van der Waals surface area contributed by atoms with Gasteiger partial charge in [0, 0.05) is 18.2 Å². The maximum atomic E-state index is 10.4. The predicted molar refractivity (Wildman–Crippen MR) is 62.6 cm³/mol. The Morgan fingerprint density at radius 1 is 1.18 bits per heavy atom. The second-order valence-electron chi connectivity index (χ2n) is 3.19. The number of primary amides is 1. The van der Waals surface area contributed by atoms with E-state index in [0.29, 0.717) is 30.4 Å². The van der Waals surface area contributed by atoms with E-state index in [2.05, 4.69) is 5.32 Å². The van der Waals surface area contributed by atoms with Crippen LogP contribution >= 0.6 is 0 Å². The van der Waals surface area contributed by atoms with E-state index in [1.807, 2.05) is 0 Å². The molecule has 1 rings (SSSR count). The minimum Gasteiger partial charge on any atom is -0.496 e. The summed E-state index contributed by atoms with van der Waals surface area (Å²) in [4.78, 5) is 10.4. The molecule has 0 saturated heterocycles. The Morgan fingerprint density at radius 3 is 2.18 bits per heavy atom. The summed E-state index contributed by atoms with van der Waals surface area (Å²) in [6.07, 6.45) is 0. The molecular formula is C11H16N2O4. The van der Waals surface area contributed by atoms with E-state index >= 15 is 0 Å². The lowest BCUT2D eigenvalue weighted by atomic mass is 10.3. The monoisotopic (exact) mass is 240 g/mol. The molecule has 1 aromatic carbocycles. The number of nitrogens with two attached hydrogens (primary N) is 1. The van der Waals surface area contributed by atoms with Gasteiger partial charge >= 0.3 is 6.03 Å². The zero-order valence-corrected chi connectivity index (χ0v) is 9.86. The number of carbonyl (C=O) groups is 1. The van der Waals surface area contributed by atoms with Crippen LogP contribution in [0, 0.1) is 0 Å². The SMILES string of the molecule is COc1cc(OC)cc(OCCNC(N)=O)c1. The molecule has 0 aliphatic heterocycles. The van der Waals surface area contributed by atoms with Gasteiger partial charge in [0.05, 0.1) is 20.8 Å². The van der Waals surface area contributed by atoms with Crippen molar-refractivity contribution in [3.8, 4) is 17.2 Å². The lowest BCUT2D eigenvalue weighted by Gasteiger charge is -2.10. The molecule has 1 aromatic rings. The van der Waals surface area contributed by atoms with E-state index in [0.717, 1.165) is 0 Å². The van der Waals surface area contributed by atoms with Crippen LogP contribution in [0.25, 0.3) is 0 Å². The van der Waals surface area contributed by atoms with Gasteiger partial charge in [0.1, 0.15) is 23.9 Å². The van der Waals surface area contributed by atoms with E-state index in [-0.39, 0.29) is 0 Å². The predicted octanol–water partition coefficient (Wildman–Crippen LogP) is 0.751. The van der Waals surface area contributed by atoms with Crippen molar-refractivity contribution in [2.45, 2.75) is 0 Å². The number of hydrogen-bond acceptors (Lipinski definition) is 4. The van der Waals surface area contributed by atoms with E-state index in [1.54, 1.807) is 32.4 Å². The van der Waals surface area contributed by atoms with Crippen molar-refractivity contribution in [1.82, 2.24) is 5.32 Å². The van der Waals surface area contributed by atoms with Crippen LogP contribution in [0.1, 0.15) is 0 Å². The molecule has 0 spiro atoms. The molecule has 0 fully saturated rings. The third kappa shape index (κ3) is 4.50. The molecule has 0 saturated carbocycles. The van der Waals surface area contributed by atoms with Gasteiger partial charge < -0.3 is 25.3 Å². The number of nitrogens with one attached hydrogen (secondary N) is 1. The van der Waals surface area contributed by atoms with E-state index in [9.17, 15) is 4.79 Å². The first-order chi connectivity index (χ1) is 8.15. The van der Waals surface area contributed by atoms with E-state index in [1.165, 1.54) is 0 Å². The molecule has 0 aliphatic carbocycles. The van der Waals surface area contributed by atoms with Crippen LogP contribution in [0.2, 0.25) is 0 Å². The van der Waals surface area contributed by atoms with E-state index in [4.69, 9.17) is 19.9 Å². The van der Waals surface area contributed by atoms with Crippen LogP contribution in [0.5, 0.6) is 17.2 Å². The molecule has 3 N–H and O–H groups in total. The maximum absolute atomic E-state index is 10.4. The zero-order chi connectivity index (χ0) is 12.7. The Kier molecular flexibility index (Phi) is 4.93. The number of ether oxygens (including phenoxy) is 3. The maximum Gasteiger partial charge on any atom is 0.312 e. The number of amides is 2. The van der Waals surface area contributed by atoms with Gasteiger partial charge in [0.15, 0.2) is 0 Å².